The Bertz CT molecular complexity index is 1360. The molecule has 35 heavy (non-hydrogen) atoms. The molecule has 0 aliphatic carbocycles. The van der Waals surface area contributed by atoms with Gasteiger partial charge in [0.05, 0.1) is 24.8 Å². The van der Waals surface area contributed by atoms with E-state index in [0.29, 0.717) is 11.4 Å². The van der Waals surface area contributed by atoms with Gasteiger partial charge >= 0.3 is 0 Å². The fraction of sp³-hybridized carbons (Fsp3) is 0.261. The van der Waals surface area contributed by atoms with Crippen LogP contribution in [-0.2, 0) is 26.6 Å². The van der Waals surface area contributed by atoms with E-state index < -0.39 is 26.0 Å². The lowest BCUT2D eigenvalue weighted by Crippen LogP contribution is -2.31. The van der Waals surface area contributed by atoms with Crippen LogP contribution in [-0.4, -0.2) is 47.2 Å². The van der Waals surface area contributed by atoms with Gasteiger partial charge in [-0.1, -0.05) is 13.8 Å². The molecule has 188 valence electrons. The van der Waals surface area contributed by atoms with Gasteiger partial charge in [0, 0.05) is 24.3 Å². The number of nitrogens with one attached hydrogen (secondary N) is 2. The van der Waals surface area contributed by atoms with Gasteiger partial charge in [0.25, 0.3) is 5.91 Å². The van der Waals surface area contributed by atoms with Crippen molar-refractivity contribution in [2.45, 2.75) is 30.2 Å². The van der Waals surface area contributed by atoms with Crippen LogP contribution in [0.4, 0.5) is 5.69 Å². The molecule has 3 aromatic rings. The Morgan fingerprint density at radius 2 is 1.69 bits per heavy atom. The van der Waals surface area contributed by atoms with Crippen molar-refractivity contribution < 1.29 is 30.8 Å². The molecule has 3 rings (SSSR count). The van der Waals surface area contributed by atoms with Crippen molar-refractivity contribution in [2.75, 3.05) is 25.5 Å². The number of rotatable bonds is 11. The van der Waals surface area contributed by atoms with Gasteiger partial charge < -0.3 is 14.5 Å². The number of benzene rings is 2. The van der Waals surface area contributed by atoms with Crippen LogP contribution in [0.1, 0.15) is 30.0 Å². The summed E-state index contributed by atoms with van der Waals surface area (Å²) in [5.41, 5.74) is 0.442. The topological polar surface area (TPSA) is 135 Å². The highest BCUT2D eigenvalue weighted by atomic mass is 32.2. The second kappa shape index (κ2) is 11.0. The highest BCUT2D eigenvalue weighted by molar-refractivity contribution is 7.89. The van der Waals surface area contributed by atoms with Crippen molar-refractivity contribution in [1.29, 1.82) is 0 Å². The second-order valence-corrected chi connectivity index (χ2v) is 11.0. The van der Waals surface area contributed by atoms with Crippen LogP contribution in [0.5, 0.6) is 5.75 Å². The minimum Gasteiger partial charge on any atom is -0.495 e. The number of hydrogen-bond acceptors (Lipinski definition) is 7. The number of amides is 1. The summed E-state index contributed by atoms with van der Waals surface area (Å²) in [7, 11) is -6.30. The number of hydrogen-bond donors (Lipinski definition) is 2. The minimum atomic E-state index is -3.87. The summed E-state index contributed by atoms with van der Waals surface area (Å²) in [6.45, 7) is 3.99. The lowest BCUT2D eigenvalue weighted by atomic mass is 10.2. The average molecular weight is 522 g/mol. The number of nitrogens with zero attached hydrogens (tertiary/aromatic N) is 1. The van der Waals surface area contributed by atoms with Crippen LogP contribution < -0.4 is 14.8 Å². The highest BCUT2D eigenvalue weighted by Crippen LogP contribution is 2.28. The molecule has 0 aliphatic rings. The third-order valence-electron chi connectivity index (χ3n) is 5.19. The molecule has 0 spiro atoms. The molecule has 2 aromatic carbocycles. The first-order chi connectivity index (χ1) is 16.6. The SMILES string of the molecule is CCN(CC)S(=O)(=O)c1cc(C(=O)Nc2ccc(S(=O)(=O)NCc3ccco3)cc2)ccc1OC. The molecular weight excluding hydrogens is 494 g/mol. The normalized spacial score (nSPS) is 12.0. The molecule has 0 saturated heterocycles. The number of furan rings is 1. The summed E-state index contributed by atoms with van der Waals surface area (Å²) < 4.78 is 65.0. The monoisotopic (exact) mass is 521 g/mol. The van der Waals surface area contributed by atoms with Crippen LogP contribution in [0.15, 0.2) is 75.1 Å². The van der Waals surface area contributed by atoms with Crippen LogP contribution in [0.2, 0.25) is 0 Å². The van der Waals surface area contributed by atoms with Crippen LogP contribution >= 0.6 is 0 Å². The van der Waals surface area contributed by atoms with E-state index in [4.69, 9.17) is 9.15 Å². The molecule has 2 N–H and O–H groups in total. The Morgan fingerprint density at radius 3 is 2.26 bits per heavy atom. The zero-order valence-corrected chi connectivity index (χ0v) is 21.1. The number of sulfonamides is 2. The Balaban J connectivity index is 1.77. The first kappa shape index (κ1) is 26.4. The zero-order chi connectivity index (χ0) is 25.6. The van der Waals surface area contributed by atoms with E-state index in [1.54, 1.807) is 26.0 Å². The third kappa shape index (κ3) is 6.09. The van der Waals surface area contributed by atoms with Gasteiger partial charge in [0.2, 0.25) is 20.0 Å². The van der Waals surface area contributed by atoms with Gasteiger partial charge in [0.1, 0.15) is 16.4 Å². The minimum absolute atomic E-state index is 0.00399. The molecule has 0 aliphatic heterocycles. The number of methoxy groups -OCH3 is 1. The molecule has 1 aromatic heterocycles. The van der Waals surface area contributed by atoms with Gasteiger partial charge in [-0.05, 0) is 54.6 Å². The maximum atomic E-state index is 13.0. The fourth-order valence-corrected chi connectivity index (χ4v) is 5.94. The van der Waals surface area contributed by atoms with Crippen LogP contribution in [0.25, 0.3) is 0 Å². The second-order valence-electron chi connectivity index (χ2n) is 7.34. The molecule has 12 heteroatoms. The standard InChI is InChI=1S/C23H27N3O7S2/c1-4-26(5-2)35(30,31)22-15-17(8-13-21(22)32-3)23(27)25-18-9-11-20(12-10-18)34(28,29)24-16-19-7-6-14-33-19/h6-15,24H,4-5,16H2,1-3H3,(H,25,27). The predicted molar refractivity (Wildman–Crippen MR) is 130 cm³/mol. The molecular formula is C23H27N3O7S2. The summed E-state index contributed by atoms with van der Waals surface area (Å²) in [4.78, 5) is 12.7. The molecule has 0 fully saturated rings. The molecule has 0 unspecified atom stereocenters. The molecule has 1 heterocycles. The van der Waals surface area contributed by atoms with Gasteiger partial charge in [-0.2, -0.15) is 4.31 Å². The Labute approximate surface area is 205 Å². The fourth-order valence-electron chi connectivity index (χ4n) is 3.31. The number of ether oxygens (including phenoxy) is 1. The van der Waals surface area contributed by atoms with E-state index in [-0.39, 0.29) is 40.7 Å². The van der Waals surface area contributed by atoms with Gasteiger partial charge in [0.15, 0.2) is 0 Å². The lowest BCUT2D eigenvalue weighted by Gasteiger charge is -2.20. The summed E-state index contributed by atoms with van der Waals surface area (Å²) in [6, 6.07) is 13.0. The first-order valence-corrected chi connectivity index (χ1v) is 13.7. The summed E-state index contributed by atoms with van der Waals surface area (Å²) >= 11 is 0. The molecule has 1 amide bonds. The summed E-state index contributed by atoms with van der Waals surface area (Å²) in [5, 5.41) is 2.65. The van der Waals surface area contributed by atoms with E-state index >= 15 is 0 Å². The number of carbonyl (C=O) groups excluding carboxylic acids is 1. The number of anilines is 1. The van der Waals surface area contributed by atoms with E-state index in [1.165, 1.54) is 60.1 Å². The van der Waals surface area contributed by atoms with Crippen molar-refractivity contribution >= 4 is 31.6 Å². The van der Waals surface area contributed by atoms with Gasteiger partial charge in [-0.25, -0.2) is 21.6 Å². The maximum absolute atomic E-state index is 13.0. The zero-order valence-electron chi connectivity index (χ0n) is 19.5. The van der Waals surface area contributed by atoms with Crippen molar-refractivity contribution in [1.82, 2.24) is 9.03 Å². The van der Waals surface area contributed by atoms with Crippen molar-refractivity contribution in [3.05, 3.63) is 72.2 Å². The Morgan fingerprint density at radius 1 is 1.00 bits per heavy atom. The Kier molecular flexibility index (Phi) is 8.33. The van der Waals surface area contributed by atoms with Crippen molar-refractivity contribution in [3.8, 4) is 5.75 Å². The van der Waals surface area contributed by atoms with Crippen LogP contribution in [0.3, 0.4) is 0 Å². The van der Waals surface area contributed by atoms with E-state index in [1.807, 2.05) is 0 Å². The first-order valence-electron chi connectivity index (χ1n) is 10.7. The molecule has 0 atom stereocenters. The molecule has 10 nitrogen and oxygen atoms in total. The smallest absolute Gasteiger partial charge is 0.255 e. The third-order valence-corrected chi connectivity index (χ3v) is 8.68. The average Bonchev–Trinajstić information content (AvgIpc) is 3.37. The molecule has 0 bridgehead atoms. The van der Waals surface area contributed by atoms with Crippen molar-refractivity contribution in [3.63, 3.8) is 0 Å². The summed E-state index contributed by atoms with van der Waals surface area (Å²) in [6.07, 6.45) is 1.45. The molecule has 0 radical (unpaired) electrons. The highest BCUT2D eigenvalue weighted by Gasteiger charge is 2.27. The van der Waals surface area contributed by atoms with Gasteiger partial charge in [-0.3, -0.25) is 4.79 Å². The van der Waals surface area contributed by atoms with Gasteiger partial charge in [-0.15, -0.1) is 0 Å². The van der Waals surface area contributed by atoms with E-state index in [9.17, 15) is 21.6 Å². The summed E-state index contributed by atoms with van der Waals surface area (Å²) in [5.74, 6) is 0.0413. The van der Waals surface area contributed by atoms with E-state index in [0.717, 1.165) is 0 Å². The lowest BCUT2D eigenvalue weighted by molar-refractivity contribution is 0.102. The largest absolute Gasteiger partial charge is 0.495 e. The number of carbonyl (C=O) groups is 1. The quantitative estimate of drug-likeness (QED) is 0.396. The van der Waals surface area contributed by atoms with E-state index in [2.05, 4.69) is 10.0 Å². The molecule has 0 saturated carbocycles. The van der Waals surface area contributed by atoms with Crippen LogP contribution in [0, 0.1) is 0 Å². The van der Waals surface area contributed by atoms with Crippen molar-refractivity contribution in [2.24, 2.45) is 0 Å². The predicted octanol–water partition coefficient (Wildman–Crippen LogP) is 3.05. The maximum Gasteiger partial charge on any atom is 0.255 e. The Hall–Kier alpha value is -3.19.